The lowest BCUT2D eigenvalue weighted by molar-refractivity contribution is 0.265. The van der Waals surface area contributed by atoms with Crippen LogP contribution in [0.2, 0.25) is 16.6 Å². The van der Waals surface area contributed by atoms with Gasteiger partial charge in [0, 0.05) is 6.61 Å². The fourth-order valence-corrected chi connectivity index (χ4v) is 8.57. The summed E-state index contributed by atoms with van der Waals surface area (Å²) in [6.45, 7) is 18.0. The molecular weight excluding hydrogens is 238 g/mol. The predicted molar refractivity (Wildman–Crippen MR) is 80.9 cm³/mol. The summed E-state index contributed by atoms with van der Waals surface area (Å²) < 4.78 is 6.39. The van der Waals surface area contributed by atoms with Crippen molar-refractivity contribution in [2.75, 3.05) is 6.61 Å². The minimum Gasteiger partial charge on any atom is -0.416 e. The molecule has 0 amide bonds. The Hall–Kier alpha value is -0.593. The molecule has 3 heteroatoms. The predicted octanol–water partition coefficient (Wildman–Crippen LogP) is 4.89. The monoisotopic (exact) mass is 267 g/mol. The van der Waals surface area contributed by atoms with E-state index in [4.69, 9.17) is 9.69 Å². The molecule has 0 aliphatic heterocycles. The van der Waals surface area contributed by atoms with Crippen molar-refractivity contribution in [3.05, 3.63) is 12.7 Å². The highest BCUT2D eigenvalue weighted by molar-refractivity contribution is 6.77. The molecule has 0 rings (SSSR count). The van der Waals surface area contributed by atoms with Crippen LogP contribution in [0.5, 0.6) is 0 Å². The summed E-state index contributed by atoms with van der Waals surface area (Å²) in [7, 11) is -1.76. The topological polar surface area (TPSA) is 33.0 Å². The van der Waals surface area contributed by atoms with Gasteiger partial charge < -0.3 is 4.43 Å². The van der Waals surface area contributed by atoms with Crippen LogP contribution in [0, 0.1) is 17.2 Å². The Morgan fingerprint density at radius 2 is 1.56 bits per heavy atom. The largest absolute Gasteiger partial charge is 0.416 e. The SMILES string of the molecule is C=CC(C#N)CCO[Si](C(C)C)(C(C)C)C(C)C. The molecule has 104 valence electrons. The maximum Gasteiger partial charge on any atom is 0.200 e. The van der Waals surface area contributed by atoms with Gasteiger partial charge >= 0.3 is 0 Å². The Morgan fingerprint density at radius 3 is 1.83 bits per heavy atom. The molecular formula is C15H29NOSi. The van der Waals surface area contributed by atoms with Gasteiger partial charge in [-0.25, -0.2) is 0 Å². The van der Waals surface area contributed by atoms with E-state index in [1.807, 2.05) is 0 Å². The van der Waals surface area contributed by atoms with Crippen molar-refractivity contribution in [3.63, 3.8) is 0 Å². The highest BCUT2D eigenvalue weighted by Gasteiger charge is 2.44. The Bertz CT molecular complexity index is 270. The van der Waals surface area contributed by atoms with Crippen LogP contribution in [0.1, 0.15) is 48.0 Å². The molecule has 0 bridgehead atoms. The van der Waals surface area contributed by atoms with E-state index in [-0.39, 0.29) is 5.92 Å². The van der Waals surface area contributed by atoms with Gasteiger partial charge in [0.15, 0.2) is 8.32 Å². The minimum absolute atomic E-state index is 0.0804. The molecule has 0 aromatic carbocycles. The van der Waals surface area contributed by atoms with Gasteiger partial charge in [-0.15, -0.1) is 6.58 Å². The van der Waals surface area contributed by atoms with Crippen molar-refractivity contribution < 1.29 is 4.43 Å². The maximum absolute atomic E-state index is 8.92. The van der Waals surface area contributed by atoms with Gasteiger partial charge in [-0.3, -0.25) is 0 Å². The third kappa shape index (κ3) is 3.96. The molecule has 0 aliphatic carbocycles. The van der Waals surface area contributed by atoms with E-state index in [0.717, 1.165) is 6.42 Å². The van der Waals surface area contributed by atoms with Crippen molar-refractivity contribution in [1.29, 1.82) is 5.26 Å². The van der Waals surface area contributed by atoms with Crippen molar-refractivity contribution in [1.82, 2.24) is 0 Å². The van der Waals surface area contributed by atoms with Crippen molar-refractivity contribution >= 4 is 8.32 Å². The highest BCUT2D eigenvalue weighted by Crippen LogP contribution is 2.42. The van der Waals surface area contributed by atoms with Crippen LogP contribution >= 0.6 is 0 Å². The minimum atomic E-state index is -1.76. The second-order valence-corrected chi connectivity index (χ2v) is 11.4. The van der Waals surface area contributed by atoms with E-state index in [1.54, 1.807) is 6.08 Å². The number of nitrogens with zero attached hydrogens (tertiary/aromatic N) is 1. The van der Waals surface area contributed by atoms with E-state index < -0.39 is 8.32 Å². The number of nitriles is 1. The standard InChI is InChI=1S/C15H29NOSi/c1-8-15(11-16)9-10-17-18(12(2)3,13(4)5)14(6)7/h8,12-15H,1,9-10H2,2-7H3. The van der Waals surface area contributed by atoms with E-state index in [9.17, 15) is 0 Å². The van der Waals surface area contributed by atoms with Crippen LogP contribution in [-0.4, -0.2) is 14.9 Å². The first-order valence-corrected chi connectivity index (χ1v) is 9.13. The number of allylic oxidation sites excluding steroid dienone is 1. The fourth-order valence-electron chi connectivity index (χ4n) is 3.10. The lowest BCUT2D eigenvalue weighted by Gasteiger charge is -2.42. The highest BCUT2D eigenvalue weighted by atomic mass is 28.4. The van der Waals surface area contributed by atoms with Crippen molar-refractivity contribution in [3.8, 4) is 6.07 Å². The second kappa shape index (κ2) is 7.76. The first-order valence-electron chi connectivity index (χ1n) is 6.99. The Kier molecular flexibility index (Phi) is 7.50. The van der Waals surface area contributed by atoms with Gasteiger partial charge in [0.05, 0.1) is 12.0 Å². The molecule has 0 saturated heterocycles. The molecule has 0 aliphatic rings. The van der Waals surface area contributed by atoms with Gasteiger partial charge in [0.25, 0.3) is 0 Å². The molecule has 0 heterocycles. The van der Waals surface area contributed by atoms with E-state index >= 15 is 0 Å². The summed E-state index contributed by atoms with van der Waals surface area (Å²) in [5.74, 6) is -0.0804. The third-order valence-electron chi connectivity index (χ3n) is 3.94. The molecule has 0 aromatic rings. The zero-order valence-corrected chi connectivity index (χ0v) is 13.9. The van der Waals surface area contributed by atoms with Crippen molar-refractivity contribution in [2.45, 2.75) is 64.6 Å². The summed E-state index contributed by atoms with van der Waals surface area (Å²) in [6, 6.07) is 2.24. The molecule has 0 N–H and O–H groups in total. The summed E-state index contributed by atoms with van der Waals surface area (Å²) in [4.78, 5) is 0. The van der Waals surface area contributed by atoms with Crippen LogP contribution in [-0.2, 0) is 4.43 Å². The Morgan fingerprint density at radius 1 is 1.11 bits per heavy atom. The molecule has 1 atom stereocenters. The second-order valence-electron chi connectivity index (χ2n) is 5.93. The average molecular weight is 267 g/mol. The fraction of sp³-hybridized carbons (Fsp3) is 0.800. The first-order chi connectivity index (χ1) is 8.32. The molecule has 0 aromatic heterocycles. The summed E-state index contributed by atoms with van der Waals surface area (Å²) in [5.41, 5.74) is 1.80. The van der Waals surface area contributed by atoms with Crippen LogP contribution in [0.15, 0.2) is 12.7 Å². The van der Waals surface area contributed by atoms with Crippen LogP contribution < -0.4 is 0 Å². The number of hydrogen-bond donors (Lipinski definition) is 0. The Balaban J connectivity index is 4.72. The molecule has 0 fully saturated rings. The molecule has 0 radical (unpaired) electrons. The zero-order chi connectivity index (χ0) is 14.3. The van der Waals surface area contributed by atoms with Gasteiger partial charge in [-0.1, -0.05) is 47.6 Å². The number of rotatable bonds is 8. The molecule has 0 spiro atoms. The summed E-state index contributed by atoms with van der Waals surface area (Å²) in [5, 5.41) is 8.92. The molecule has 0 saturated carbocycles. The summed E-state index contributed by atoms with van der Waals surface area (Å²) in [6.07, 6.45) is 2.48. The van der Waals surface area contributed by atoms with E-state index in [2.05, 4.69) is 54.2 Å². The van der Waals surface area contributed by atoms with Gasteiger partial charge in [0.1, 0.15) is 0 Å². The van der Waals surface area contributed by atoms with E-state index in [1.165, 1.54) is 0 Å². The smallest absolute Gasteiger partial charge is 0.200 e. The van der Waals surface area contributed by atoms with Crippen molar-refractivity contribution in [2.24, 2.45) is 5.92 Å². The van der Waals surface area contributed by atoms with Gasteiger partial charge in [0.2, 0.25) is 0 Å². The van der Waals surface area contributed by atoms with Gasteiger partial charge in [-0.2, -0.15) is 5.26 Å². The van der Waals surface area contributed by atoms with Crippen LogP contribution in [0.3, 0.4) is 0 Å². The Labute approximate surface area is 114 Å². The zero-order valence-electron chi connectivity index (χ0n) is 12.9. The first kappa shape index (κ1) is 17.4. The number of hydrogen-bond acceptors (Lipinski definition) is 2. The summed E-state index contributed by atoms with van der Waals surface area (Å²) >= 11 is 0. The lowest BCUT2D eigenvalue weighted by Crippen LogP contribution is -2.48. The molecule has 18 heavy (non-hydrogen) atoms. The van der Waals surface area contributed by atoms with Crippen LogP contribution in [0.4, 0.5) is 0 Å². The molecule has 1 unspecified atom stereocenters. The van der Waals surface area contributed by atoms with E-state index in [0.29, 0.717) is 23.2 Å². The lowest BCUT2D eigenvalue weighted by atomic mass is 10.1. The van der Waals surface area contributed by atoms with Gasteiger partial charge in [-0.05, 0) is 23.0 Å². The third-order valence-corrected chi connectivity index (χ3v) is 10.1. The maximum atomic E-state index is 8.92. The quantitative estimate of drug-likeness (QED) is 0.463. The molecule has 2 nitrogen and oxygen atoms in total. The normalized spacial score (nSPS) is 14.0. The average Bonchev–Trinajstić information content (AvgIpc) is 2.28. The van der Waals surface area contributed by atoms with Crippen LogP contribution in [0.25, 0.3) is 0 Å².